The number of amides is 1. The molecule has 0 bridgehead atoms. The molecule has 0 fully saturated rings. The summed E-state index contributed by atoms with van der Waals surface area (Å²) < 4.78 is 7.12. The molecule has 1 N–H and O–H groups in total. The lowest BCUT2D eigenvalue weighted by atomic mass is 10.3. The van der Waals surface area contributed by atoms with E-state index in [9.17, 15) is 4.79 Å². The Morgan fingerprint density at radius 2 is 2.26 bits per heavy atom. The first-order chi connectivity index (χ1) is 9.24. The van der Waals surface area contributed by atoms with Crippen LogP contribution in [0.3, 0.4) is 0 Å². The molecule has 0 saturated heterocycles. The van der Waals surface area contributed by atoms with E-state index in [1.807, 2.05) is 6.07 Å². The molecular weight excluding hydrogens is 266 g/mol. The van der Waals surface area contributed by atoms with E-state index in [2.05, 4.69) is 10.4 Å². The van der Waals surface area contributed by atoms with Crippen LogP contribution in [0.1, 0.15) is 16.9 Å². The van der Waals surface area contributed by atoms with Crippen LogP contribution in [0.15, 0.2) is 30.3 Å². The van der Waals surface area contributed by atoms with Gasteiger partial charge in [-0.05, 0) is 12.1 Å². The maximum atomic E-state index is 12.1. The molecule has 2 aromatic rings. The number of anilines is 1. The molecule has 1 aromatic carbocycles. The average molecular weight is 278 g/mol. The van der Waals surface area contributed by atoms with Gasteiger partial charge in [-0.25, -0.2) is 4.68 Å². The van der Waals surface area contributed by atoms with E-state index in [1.54, 1.807) is 28.9 Å². The Kier molecular flexibility index (Phi) is 3.13. The van der Waals surface area contributed by atoms with Gasteiger partial charge in [0.2, 0.25) is 5.88 Å². The van der Waals surface area contributed by atoms with Crippen molar-refractivity contribution < 1.29 is 9.53 Å². The zero-order valence-electron chi connectivity index (χ0n) is 10.1. The lowest BCUT2D eigenvalue weighted by Crippen LogP contribution is -2.16. The minimum Gasteiger partial charge on any atom is -0.478 e. The highest BCUT2D eigenvalue weighted by Crippen LogP contribution is 2.22. The first-order valence-corrected chi connectivity index (χ1v) is 6.38. The number of rotatable bonds is 2. The van der Waals surface area contributed by atoms with E-state index in [-0.39, 0.29) is 5.91 Å². The molecule has 6 heteroatoms. The van der Waals surface area contributed by atoms with Crippen LogP contribution in [0.5, 0.6) is 5.88 Å². The fraction of sp³-hybridized carbons (Fsp3) is 0.231. The van der Waals surface area contributed by atoms with Gasteiger partial charge >= 0.3 is 0 Å². The number of aryl methyl sites for hydroxylation is 1. The van der Waals surface area contributed by atoms with Crippen LogP contribution in [-0.2, 0) is 6.54 Å². The highest BCUT2D eigenvalue weighted by molar-refractivity contribution is 6.33. The Morgan fingerprint density at radius 1 is 1.42 bits per heavy atom. The summed E-state index contributed by atoms with van der Waals surface area (Å²) in [5, 5.41) is 7.44. The molecule has 19 heavy (non-hydrogen) atoms. The SMILES string of the molecule is O=C(Nc1ccccc1Cl)c1cc2n(n1)CCCO2. The first kappa shape index (κ1) is 12.0. The Hall–Kier alpha value is -2.01. The highest BCUT2D eigenvalue weighted by Gasteiger charge is 2.18. The minimum atomic E-state index is -0.293. The second kappa shape index (κ2) is 4.93. The number of benzene rings is 1. The van der Waals surface area contributed by atoms with Crippen molar-refractivity contribution >= 4 is 23.2 Å². The fourth-order valence-corrected chi connectivity index (χ4v) is 2.11. The summed E-state index contributed by atoms with van der Waals surface area (Å²) in [6.07, 6.45) is 0.903. The number of ether oxygens (including phenoxy) is 1. The van der Waals surface area contributed by atoms with Gasteiger partial charge in [0.25, 0.3) is 5.91 Å². The summed E-state index contributed by atoms with van der Waals surface area (Å²) in [5.74, 6) is 0.342. The van der Waals surface area contributed by atoms with E-state index in [4.69, 9.17) is 16.3 Å². The highest BCUT2D eigenvalue weighted by atomic mass is 35.5. The molecule has 0 atom stereocenters. The quantitative estimate of drug-likeness (QED) is 0.918. The molecular formula is C13H12ClN3O2. The van der Waals surface area contributed by atoms with Crippen molar-refractivity contribution in [3.8, 4) is 5.88 Å². The Balaban J connectivity index is 1.81. The van der Waals surface area contributed by atoms with Gasteiger partial charge in [0.15, 0.2) is 5.69 Å². The Morgan fingerprint density at radius 3 is 3.05 bits per heavy atom. The summed E-state index contributed by atoms with van der Waals surface area (Å²) in [5.41, 5.74) is 0.901. The minimum absolute atomic E-state index is 0.293. The van der Waals surface area contributed by atoms with Crippen LogP contribution in [-0.4, -0.2) is 22.3 Å². The van der Waals surface area contributed by atoms with Crippen molar-refractivity contribution in [3.05, 3.63) is 41.0 Å². The second-order valence-electron chi connectivity index (χ2n) is 4.23. The van der Waals surface area contributed by atoms with Gasteiger partial charge in [0, 0.05) is 19.0 Å². The number of para-hydroxylation sites is 1. The van der Waals surface area contributed by atoms with E-state index in [0.717, 1.165) is 13.0 Å². The summed E-state index contributed by atoms with van der Waals surface area (Å²) in [7, 11) is 0. The van der Waals surface area contributed by atoms with Crippen LogP contribution in [0.4, 0.5) is 5.69 Å². The van der Waals surface area contributed by atoms with Gasteiger partial charge in [-0.2, -0.15) is 5.10 Å². The predicted molar refractivity (Wildman–Crippen MR) is 71.7 cm³/mol. The number of nitrogens with zero attached hydrogens (tertiary/aromatic N) is 2. The molecule has 0 spiro atoms. The summed E-state index contributed by atoms with van der Waals surface area (Å²) in [6, 6.07) is 8.72. The fourth-order valence-electron chi connectivity index (χ4n) is 1.93. The molecule has 2 heterocycles. The maximum absolute atomic E-state index is 12.1. The second-order valence-corrected chi connectivity index (χ2v) is 4.63. The number of hydrogen-bond acceptors (Lipinski definition) is 3. The number of halogens is 1. The van der Waals surface area contributed by atoms with Crippen LogP contribution in [0.2, 0.25) is 5.02 Å². The Labute approximate surface area is 115 Å². The number of aromatic nitrogens is 2. The van der Waals surface area contributed by atoms with E-state index >= 15 is 0 Å². The first-order valence-electron chi connectivity index (χ1n) is 6.00. The monoisotopic (exact) mass is 277 g/mol. The number of carbonyl (C=O) groups excluding carboxylic acids is 1. The van der Waals surface area contributed by atoms with E-state index in [1.165, 1.54) is 0 Å². The smallest absolute Gasteiger partial charge is 0.276 e. The summed E-state index contributed by atoms with van der Waals surface area (Å²) in [6.45, 7) is 1.44. The topological polar surface area (TPSA) is 56.2 Å². The molecule has 1 aliphatic heterocycles. The third-order valence-corrected chi connectivity index (χ3v) is 3.19. The van der Waals surface area contributed by atoms with Crippen molar-refractivity contribution in [1.29, 1.82) is 0 Å². The van der Waals surface area contributed by atoms with Gasteiger partial charge < -0.3 is 10.1 Å². The van der Waals surface area contributed by atoms with Crippen molar-refractivity contribution in [2.45, 2.75) is 13.0 Å². The van der Waals surface area contributed by atoms with Crippen LogP contribution in [0.25, 0.3) is 0 Å². The number of hydrogen-bond donors (Lipinski definition) is 1. The molecule has 1 amide bonds. The molecule has 0 unspecified atom stereocenters. The summed E-state index contributed by atoms with van der Waals surface area (Å²) >= 11 is 5.99. The average Bonchev–Trinajstić information content (AvgIpc) is 2.85. The zero-order valence-corrected chi connectivity index (χ0v) is 10.9. The van der Waals surface area contributed by atoms with Gasteiger partial charge in [-0.1, -0.05) is 23.7 Å². The lowest BCUT2D eigenvalue weighted by molar-refractivity contribution is 0.102. The third-order valence-electron chi connectivity index (χ3n) is 2.86. The molecule has 0 radical (unpaired) electrons. The molecule has 3 rings (SSSR count). The lowest BCUT2D eigenvalue weighted by Gasteiger charge is -2.13. The van der Waals surface area contributed by atoms with Crippen molar-refractivity contribution in [3.63, 3.8) is 0 Å². The van der Waals surface area contributed by atoms with Crippen molar-refractivity contribution in [2.24, 2.45) is 0 Å². The largest absolute Gasteiger partial charge is 0.478 e. The molecule has 5 nitrogen and oxygen atoms in total. The molecule has 1 aliphatic rings. The van der Waals surface area contributed by atoms with Crippen molar-refractivity contribution in [1.82, 2.24) is 9.78 Å². The zero-order chi connectivity index (χ0) is 13.2. The molecule has 0 aliphatic carbocycles. The van der Waals surface area contributed by atoms with E-state index < -0.39 is 0 Å². The van der Waals surface area contributed by atoms with Gasteiger partial charge in [0.05, 0.1) is 17.3 Å². The van der Waals surface area contributed by atoms with Crippen LogP contribution in [0, 0.1) is 0 Å². The van der Waals surface area contributed by atoms with Gasteiger partial charge in [-0.15, -0.1) is 0 Å². The summed E-state index contributed by atoms with van der Waals surface area (Å²) in [4.78, 5) is 12.1. The van der Waals surface area contributed by atoms with Crippen molar-refractivity contribution in [2.75, 3.05) is 11.9 Å². The Bertz CT molecular complexity index is 601. The van der Waals surface area contributed by atoms with Crippen LogP contribution >= 0.6 is 11.6 Å². The standard InChI is InChI=1S/C13H12ClN3O2/c14-9-4-1-2-5-10(9)15-13(18)11-8-12-17(16-11)6-3-7-19-12/h1-2,4-5,8H,3,6-7H2,(H,15,18). The third kappa shape index (κ3) is 2.42. The van der Waals surface area contributed by atoms with Gasteiger partial charge in [-0.3, -0.25) is 4.79 Å². The van der Waals surface area contributed by atoms with Crippen LogP contribution < -0.4 is 10.1 Å². The molecule has 0 saturated carbocycles. The maximum Gasteiger partial charge on any atom is 0.276 e. The molecule has 1 aromatic heterocycles. The predicted octanol–water partition coefficient (Wildman–Crippen LogP) is 2.57. The number of carbonyl (C=O) groups is 1. The normalized spacial score (nSPS) is 13.5. The molecule has 98 valence electrons. The number of fused-ring (bicyclic) bond motifs is 1. The van der Waals surface area contributed by atoms with E-state index in [0.29, 0.717) is 28.9 Å². The number of nitrogens with one attached hydrogen (secondary N) is 1. The van der Waals surface area contributed by atoms with Gasteiger partial charge in [0.1, 0.15) is 0 Å².